The number of carboxylic acids is 1. The first-order valence-electron chi connectivity index (χ1n) is 20.3. The first-order valence-corrected chi connectivity index (χ1v) is 20.3. The number of esters is 4. The number of cyclic esters (lactones) is 1. The van der Waals surface area contributed by atoms with Crippen LogP contribution >= 0.6 is 0 Å². The van der Waals surface area contributed by atoms with E-state index >= 15 is 4.79 Å². The number of carbonyl (C=O) groups excluding carboxylic acids is 6. The minimum Gasteiger partial charge on any atom is -0.508 e. The van der Waals surface area contributed by atoms with E-state index < -0.39 is 95.2 Å². The molecule has 2 saturated heterocycles. The highest BCUT2D eigenvalue weighted by Crippen LogP contribution is 2.66. The number of carboxylic acid groups (broad SMARTS) is 1. The van der Waals surface area contributed by atoms with Crippen molar-refractivity contribution in [3.8, 4) is 17.6 Å². The van der Waals surface area contributed by atoms with Gasteiger partial charge in [0.25, 0.3) is 0 Å². The first kappa shape index (κ1) is 44.5. The predicted octanol–water partition coefficient (Wildman–Crippen LogP) is 4.75. The summed E-state index contributed by atoms with van der Waals surface area (Å²) in [6.45, 7) is 3.32. The summed E-state index contributed by atoms with van der Waals surface area (Å²) in [4.78, 5) is 100.0. The maximum atomic E-state index is 16.0. The van der Waals surface area contributed by atoms with Gasteiger partial charge in [0.1, 0.15) is 35.3 Å². The zero-order chi connectivity index (χ0) is 46.0. The minimum absolute atomic E-state index is 0.00755. The average molecular weight is 872 g/mol. The Kier molecular flexibility index (Phi) is 12.6. The summed E-state index contributed by atoms with van der Waals surface area (Å²) in [5, 5.41) is 24.7. The van der Waals surface area contributed by atoms with E-state index in [4.69, 9.17) is 18.9 Å². The minimum atomic E-state index is -2.34. The third-order valence-electron chi connectivity index (χ3n) is 12.0. The van der Waals surface area contributed by atoms with E-state index in [1.54, 1.807) is 79.4 Å². The molecule has 3 heterocycles. The van der Waals surface area contributed by atoms with Crippen LogP contribution in [0.5, 0.6) is 5.75 Å². The molecule has 16 nitrogen and oxygen atoms in total. The summed E-state index contributed by atoms with van der Waals surface area (Å²) >= 11 is 0. The highest BCUT2D eigenvalue weighted by atomic mass is 16.6. The first-order chi connectivity index (χ1) is 30.7. The molecule has 330 valence electrons. The molecule has 7 atom stereocenters. The Morgan fingerprint density at radius 2 is 1.38 bits per heavy atom. The van der Waals surface area contributed by atoms with Gasteiger partial charge >= 0.3 is 35.9 Å². The molecule has 3 N–H and O–H groups in total. The highest BCUT2D eigenvalue weighted by Gasteiger charge is 2.76. The van der Waals surface area contributed by atoms with Crippen LogP contribution in [0.1, 0.15) is 66.3 Å². The third-order valence-corrected chi connectivity index (χ3v) is 12.0. The molecule has 4 aromatic carbocycles. The average Bonchev–Trinajstić information content (AvgIpc) is 3.76. The van der Waals surface area contributed by atoms with Crippen molar-refractivity contribution >= 4 is 47.5 Å². The van der Waals surface area contributed by atoms with Gasteiger partial charge in [-0.05, 0) is 58.5 Å². The number of nitrogens with zero attached hydrogens (tertiary/aromatic N) is 2. The highest BCUT2D eigenvalue weighted by molar-refractivity contribution is 6.24. The van der Waals surface area contributed by atoms with Crippen molar-refractivity contribution in [2.24, 2.45) is 17.8 Å². The molecule has 0 bridgehead atoms. The number of amides is 3. The number of rotatable bonds is 10. The molecule has 4 aromatic rings. The molecule has 7 rings (SSSR count). The van der Waals surface area contributed by atoms with Gasteiger partial charge < -0.3 is 34.5 Å². The lowest BCUT2D eigenvalue weighted by atomic mass is 9.65. The zero-order valence-corrected chi connectivity index (χ0v) is 35.4. The Morgan fingerprint density at radius 3 is 1.94 bits per heavy atom. The Labute approximate surface area is 368 Å². The van der Waals surface area contributed by atoms with Crippen LogP contribution in [0.3, 0.4) is 0 Å². The Hall–Kier alpha value is -7.51. The third kappa shape index (κ3) is 7.57. The van der Waals surface area contributed by atoms with Crippen LogP contribution in [0.25, 0.3) is 0 Å². The summed E-state index contributed by atoms with van der Waals surface area (Å²) in [5.74, 6) is -4.42. The lowest BCUT2D eigenvalue weighted by molar-refractivity contribution is -0.179. The molecular weight excluding hydrogens is 827 g/mol. The number of phenolic OH excluding ortho intramolecular Hbond substituents is 1. The van der Waals surface area contributed by atoms with Crippen LogP contribution in [0, 0.1) is 29.6 Å². The quantitative estimate of drug-likeness (QED) is 0.0849. The smallest absolute Gasteiger partial charge is 0.329 e. The number of ether oxygens (including phenoxy) is 4. The molecule has 64 heavy (non-hydrogen) atoms. The molecule has 2 fully saturated rings. The van der Waals surface area contributed by atoms with Crippen molar-refractivity contribution in [2.75, 3.05) is 26.2 Å². The fraction of sp³-hybridized carbons (Fsp3) is 0.312. The van der Waals surface area contributed by atoms with Crippen molar-refractivity contribution < 1.29 is 62.7 Å². The number of methoxy groups -OCH3 is 3. The summed E-state index contributed by atoms with van der Waals surface area (Å²) in [6, 6.07) is 21.6. The van der Waals surface area contributed by atoms with E-state index in [-0.39, 0.29) is 29.0 Å². The number of nitrogens with one attached hydrogen (secondary N) is 1. The van der Waals surface area contributed by atoms with Gasteiger partial charge in [-0.15, -0.1) is 0 Å². The van der Waals surface area contributed by atoms with Crippen molar-refractivity contribution in [1.29, 1.82) is 0 Å². The lowest BCUT2D eigenvalue weighted by Gasteiger charge is -2.46. The topological polar surface area (TPSA) is 215 Å². The fourth-order valence-electron chi connectivity index (χ4n) is 9.25. The molecule has 16 heteroatoms. The molecule has 0 aliphatic carbocycles. The number of anilines is 1. The second-order valence-corrected chi connectivity index (χ2v) is 15.9. The number of aliphatic carboxylic acids is 1. The standard InChI is InChI=1S/C48H45N3O13/c1-26(2)36(44(57)63-5)49-47(60)50-34-24-19-27(13-12-18-32(42(55)61-3)43(56)62-4)25-33(34)48(46(50)59)35(41(53)54)38-45(58)64-39(29-16-10-7-11-17-29)37(28-14-8-6-9-15-28)51(38)40(48)30-20-22-31(52)23-21-30/h6-11,14-17,19-26,32,35-40,52H,18H2,1-5H3,(H,49,60)(H,53,54). The van der Waals surface area contributed by atoms with Gasteiger partial charge in [0.2, 0.25) is 5.91 Å². The van der Waals surface area contributed by atoms with Gasteiger partial charge in [-0.3, -0.25) is 28.9 Å². The van der Waals surface area contributed by atoms with Crippen LogP contribution < -0.4 is 10.2 Å². The van der Waals surface area contributed by atoms with Gasteiger partial charge in [-0.1, -0.05) is 98.5 Å². The van der Waals surface area contributed by atoms with Gasteiger partial charge in [0, 0.05) is 12.0 Å². The molecule has 7 unspecified atom stereocenters. The van der Waals surface area contributed by atoms with Gasteiger partial charge in [-0.25, -0.2) is 14.5 Å². The number of hydrogen-bond donors (Lipinski definition) is 3. The van der Waals surface area contributed by atoms with Crippen LogP contribution in [-0.4, -0.2) is 90.3 Å². The van der Waals surface area contributed by atoms with Crippen LogP contribution in [0.15, 0.2) is 103 Å². The fourth-order valence-corrected chi connectivity index (χ4v) is 9.25. The van der Waals surface area contributed by atoms with Crippen molar-refractivity contribution in [3.05, 3.63) is 131 Å². The maximum absolute atomic E-state index is 16.0. The van der Waals surface area contributed by atoms with E-state index in [0.717, 1.165) is 26.2 Å². The molecule has 3 aliphatic heterocycles. The maximum Gasteiger partial charge on any atom is 0.329 e. The zero-order valence-electron chi connectivity index (χ0n) is 35.4. The SMILES string of the molecule is COC(=O)C(CC#Cc1ccc2c(c1)C1(C(=O)N2C(=O)NC(C(=O)OC)C(C)C)C(C(=O)O)C2C(=O)OC(c3ccccc3)C(c3ccccc3)N2C1c1ccc(O)cc1)C(=O)OC. The number of hydrogen-bond acceptors (Lipinski definition) is 13. The number of benzene rings is 4. The summed E-state index contributed by atoms with van der Waals surface area (Å²) in [7, 11) is 3.37. The van der Waals surface area contributed by atoms with Gasteiger partial charge in [0.15, 0.2) is 5.92 Å². The summed E-state index contributed by atoms with van der Waals surface area (Å²) in [5.41, 5.74) is -0.735. The second-order valence-electron chi connectivity index (χ2n) is 15.9. The van der Waals surface area contributed by atoms with Crippen LogP contribution in [0.4, 0.5) is 10.5 Å². The van der Waals surface area contributed by atoms with Gasteiger partial charge in [-0.2, -0.15) is 0 Å². The molecular formula is C48H45N3O13. The largest absolute Gasteiger partial charge is 0.508 e. The summed E-state index contributed by atoms with van der Waals surface area (Å²) < 4.78 is 20.8. The number of fused-ring (bicyclic) bond motifs is 3. The Balaban J connectivity index is 1.53. The van der Waals surface area contributed by atoms with Gasteiger partial charge in [0.05, 0.1) is 39.1 Å². The number of urea groups is 1. The lowest BCUT2D eigenvalue weighted by Crippen LogP contribution is -2.56. The Bertz CT molecular complexity index is 2540. The molecule has 3 aliphatic rings. The van der Waals surface area contributed by atoms with E-state index in [2.05, 4.69) is 17.2 Å². The Morgan fingerprint density at radius 1 is 0.781 bits per heavy atom. The van der Waals surface area contributed by atoms with Crippen molar-refractivity contribution in [1.82, 2.24) is 10.2 Å². The van der Waals surface area contributed by atoms with Crippen molar-refractivity contribution in [3.63, 3.8) is 0 Å². The van der Waals surface area contributed by atoms with E-state index in [1.165, 1.54) is 42.5 Å². The van der Waals surface area contributed by atoms with E-state index in [0.29, 0.717) is 16.7 Å². The van der Waals surface area contributed by atoms with E-state index in [9.17, 15) is 39.0 Å². The summed E-state index contributed by atoms with van der Waals surface area (Å²) in [6.07, 6.45) is -1.37. The van der Waals surface area contributed by atoms with E-state index in [1.807, 2.05) is 0 Å². The molecule has 3 amide bonds. The molecule has 0 radical (unpaired) electrons. The number of aromatic hydroxyl groups is 1. The number of imide groups is 1. The monoisotopic (exact) mass is 871 g/mol. The second kappa shape index (κ2) is 18.1. The van der Waals surface area contributed by atoms with Crippen LogP contribution in [-0.2, 0) is 53.1 Å². The number of carbonyl (C=O) groups is 7. The normalized spacial score (nSPS) is 22.7. The van der Waals surface area contributed by atoms with Crippen LogP contribution in [0.2, 0.25) is 0 Å². The number of phenols is 1. The van der Waals surface area contributed by atoms with Crippen molar-refractivity contribution in [2.45, 2.75) is 56.0 Å². The molecule has 0 saturated carbocycles. The molecule has 0 aromatic heterocycles. The predicted molar refractivity (Wildman–Crippen MR) is 226 cm³/mol. The molecule has 1 spiro atoms. The number of morpholine rings is 1.